The Hall–Kier alpha value is -2.14. The molecule has 0 saturated carbocycles. The van der Waals surface area contributed by atoms with E-state index in [1.165, 1.54) is 0 Å². The Labute approximate surface area is 166 Å². The molecule has 2 N–H and O–H groups in total. The Bertz CT molecular complexity index is 1020. The van der Waals surface area contributed by atoms with Gasteiger partial charge < -0.3 is 10.5 Å². The number of imidazole rings is 1. The molecule has 1 aromatic carbocycles. The summed E-state index contributed by atoms with van der Waals surface area (Å²) in [4.78, 5) is 5.36. The van der Waals surface area contributed by atoms with Gasteiger partial charge in [0.05, 0.1) is 17.4 Å². The maximum atomic E-state index is 9.68. The van der Waals surface area contributed by atoms with Crippen LogP contribution in [0.5, 0.6) is 5.75 Å². The Morgan fingerprint density at radius 3 is 3.07 bits per heavy atom. The molecule has 3 aromatic rings. The van der Waals surface area contributed by atoms with Crippen LogP contribution in [-0.4, -0.2) is 39.3 Å². The minimum absolute atomic E-state index is 0.323. The second-order valence-electron chi connectivity index (χ2n) is 6.69. The number of nitriles is 1. The van der Waals surface area contributed by atoms with Gasteiger partial charge in [-0.1, -0.05) is 6.07 Å². The molecule has 7 heteroatoms. The normalized spacial score (nSPS) is 19.3. The number of aromatic nitrogens is 2. The molecular weight excluding hydrogens is 376 g/mol. The lowest BCUT2D eigenvalue weighted by molar-refractivity contribution is 0.233. The molecule has 1 saturated heterocycles. The summed E-state index contributed by atoms with van der Waals surface area (Å²) in [7, 11) is 0. The largest absolute Gasteiger partial charge is 0.490 e. The summed E-state index contributed by atoms with van der Waals surface area (Å²) in [5.74, 6) is 2.53. The van der Waals surface area contributed by atoms with Gasteiger partial charge in [0.25, 0.3) is 0 Å². The maximum absolute atomic E-state index is 9.68. The van der Waals surface area contributed by atoms with Gasteiger partial charge in [-0.25, -0.2) is 4.98 Å². The fourth-order valence-electron chi connectivity index (χ4n) is 3.23. The molecule has 0 bridgehead atoms. The molecule has 27 heavy (non-hydrogen) atoms. The summed E-state index contributed by atoms with van der Waals surface area (Å²) in [5, 5.41) is 9.68. The third-order valence-electron chi connectivity index (χ3n) is 4.76. The number of pyridine rings is 1. The topological polar surface area (TPSA) is 76.3 Å². The SMILES string of the molecule is CSc1cc(-c2cnc3ccccn23)cc(OC[C@]2(N)CCSC2)c1C#N. The third kappa shape index (κ3) is 3.53. The van der Waals surface area contributed by atoms with Gasteiger partial charge in [-0.3, -0.25) is 4.40 Å². The molecule has 0 unspecified atom stereocenters. The Kier molecular flexibility index (Phi) is 5.04. The van der Waals surface area contributed by atoms with Gasteiger partial charge in [0.1, 0.15) is 29.6 Å². The molecule has 4 rings (SSSR count). The monoisotopic (exact) mass is 396 g/mol. The quantitative estimate of drug-likeness (QED) is 0.661. The van der Waals surface area contributed by atoms with E-state index in [-0.39, 0.29) is 5.54 Å². The van der Waals surface area contributed by atoms with Gasteiger partial charge in [0, 0.05) is 22.4 Å². The summed E-state index contributed by atoms with van der Waals surface area (Å²) >= 11 is 3.39. The fourth-order valence-corrected chi connectivity index (χ4v) is 5.15. The van der Waals surface area contributed by atoms with Crippen molar-refractivity contribution in [2.45, 2.75) is 16.9 Å². The first-order valence-corrected chi connectivity index (χ1v) is 11.1. The molecule has 3 heterocycles. The first-order valence-electron chi connectivity index (χ1n) is 8.67. The van der Waals surface area contributed by atoms with E-state index in [1.54, 1.807) is 11.8 Å². The highest BCUT2D eigenvalue weighted by Gasteiger charge is 2.31. The summed E-state index contributed by atoms with van der Waals surface area (Å²) < 4.78 is 8.14. The van der Waals surface area contributed by atoms with Crippen molar-refractivity contribution in [2.75, 3.05) is 24.4 Å². The van der Waals surface area contributed by atoms with Crippen molar-refractivity contribution in [3.8, 4) is 23.1 Å². The maximum Gasteiger partial charge on any atom is 0.138 e. The molecule has 0 aliphatic carbocycles. The smallest absolute Gasteiger partial charge is 0.138 e. The van der Waals surface area contributed by atoms with Crippen LogP contribution in [0.3, 0.4) is 0 Å². The van der Waals surface area contributed by atoms with Crippen molar-refractivity contribution in [3.05, 3.63) is 48.3 Å². The third-order valence-corrected chi connectivity index (χ3v) is 6.79. The summed E-state index contributed by atoms with van der Waals surface area (Å²) in [5.41, 5.74) is 9.49. The van der Waals surface area contributed by atoms with Crippen molar-refractivity contribution in [1.29, 1.82) is 5.26 Å². The van der Waals surface area contributed by atoms with Crippen LogP contribution in [0.4, 0.5) is 0 Å². The van der Waals surface area contributed by atoms with Gasteiger partial charge in [-0.15, -0.1) is 11.8 Å². The molecule has 0 amide bonds. The van der Waals surface area contributed by atoms with Crippen LogP contribution in [0.1, 0.15) is 12.0 Å². The van der Waals surface area contributed by atoms with Crippen LogP contribution >= 0.6 is 23.5 Å². The van der Waals surface area contributed by atoms with Gasteiger partial charge in [-0.2, -0.15) is 17.0 Å². The molecule has 5 nitrogen and oxygen atoms in total. The van der Waals surface area contributed by atoms with E-state index >= 15 is 0 Å². The second-order valence-corrected chi connectivity index (χ2v) is 8.64. The van der Waals surface area contributed by atoms with Crippen molar-refractivity contribution in [3.63, 3.8) is 0 Å². The highest BCUT2D eigenvalue weighted by molar-refractivity contribution is 7.99. The molecule has 0 radical (unpaired) electrons. The van der Waals surface area contributed by atoms with Crippen molar-refractivity contribution in [1.82, 2.24) is 9.38 Å². The van der Waals surface area contributed by atoms with Crippen molar-refractivity contribution >= 4 is 29.2 Å². The molecule has 1 aliphatic heterocycles. The number of rotatable bonds is 5. The van der Waals surface area contributed by atoms with Gasteiger partial charge >= 0.3 is 0 Å². The van der Waals surface area contributed by atoms with Gasteiger partial charge in [-0.05, 0) is 42.7 Å². The van der Waals surface area contributed by atoms with E-state index in [4.69, 9.17) is 10.5 Å². The summed E-state index contributed by atoms with van der Waals surface area (Å²) in [6.45, 7) is 0.416. The molecule has 2 aromatic heterocycles. The molecule has 0 spiro atoms. The number of ether oxygens (including phenoxy) is 1. The molecule has 1 atom stereocenters. The minimum Gasteiger partial charge on any atom is -0.490 e. The number of hydrogen-bond acceptors (Lipinski definition) is 6. The molecule has 1 fully saturated rings. The lowest BCUT2D eigenvalue weighted by Crippen LogP contribution is -2.45. The Morgan fingerprint density at radius 1 is 1.44 bits per heavy atom. The van der Waals surface area contributed by atoms with Gasteiger partial charge in [0.2, 0.25) is 0 Å². The highest BCUT2D eigenvalue weighted by Crippen LogP contribution is 2.36. The minimum atomic E-state index is -0.323. The van der Waals surface area contributed by atoms with Crippen LogP contribution in [0.25, 0.3) is 16.9 Å². The summed E-state index contributed by atoms with van der Waals surface area (Å²) in [6, 6.07) is 12.2. The predicted octanol–water partition coefficient (Wildman–Crippen LogP) is 3.81. The first-order chi connectivity index (χ1) is 13.1. The molecule has 1 aliphatic rings. The zero-order chi connectivity index (χ0) is 18.9. The first kappa shape index (κ1) is 18.2. The zero-order valence-corrected chi connectivity index (χ0v) is 16.6. The lowest BCUT2D eigenvalue weighted by Gasteiger charge is -2.23. The van der Waals surface area contributed by atoms with E-state index in [0.717, 1.165) is 39.7 Å². The highest BCUT2D eigenvalue weighted by atomic mass is 32.2. The Balaban J connectivity index is 1.76. The van der Waals surface area contributed by atoms with Crippen LogP contribution < -0.4 is 10.5 Å². The zero-order valence-electron chi connectivity index (χ0n) is 15.0. The van der Waals surface area contributed by atoms with Gasteiger partial charge in [0.15, 0.2) is 0 Å². The van der Waals surface area contributed by atoms with E-state index in [1.807, 2.05) is 65.1 Å². The van der Waals surface area contributed by atoms with E-state index in [0.29, 0.717) is 17.9 Å². The van der Waals surface area contributed by atoms with Crippen LogP contribution in [0.2, 0.25) is 0 Å². The van der Waals surface area contributed by atoms with Crippen molar-refractivity contribution in [2.24, 2.45) is 5.73 Å². The van der Waals surface area contributed by atoms with Crippen LogP contribution in [0, 0.1) is 11.3 Å². The van der Waals surface area contributed by atoms with E-state index < -0.39 is 0 Å². The lowest BCUT2D eigenvalue weighted by atomic mass is 10.0. The van der Waals surface area contributed by atoms with Crippen molar-refractivity contribution < 1.29 is 4.74 Å². The van der Waals surface area contributed by atoms with E-state index in [9.17, 15) is 5.26 Å². The number of nitrogens with two attached hydrogens (primary N) is 1. The number of fused-ring (bicyclic) bond motifs is 1. The number of nitrogens with zero attached hydrogens (tertiary/aromatic N) is 3. The average molecular weight is 397 g/mol. The average Bonchev–Trinajstić information content (AvgIpc) is 3.32. The number of hydrogen-bond donors (Lipinski definition) is 1. The standard InChI is InChI=1S/C20H20N4OS2/c1-26-18-9-14(16-11-23-19-4-2-3-6-24(16)19)8-17(15(18)10-21)25-12-20(22)5-7-27-13-20/h2-4,6,8-9,11H,5,7,12-13,22H2,1H3/t20-/m1/s1. The predicted molar refractivity (Wildman–Crippen MR) is 111 cm³/mol. The number of thioether (sulfide) groups is 2. The Morgan fingerprint density at radius 2 is 2.33 bits per heavy atom. The van der Waals surface area contributed by atoms with E-state index in [2.05, 4.69) is 11.1 Å². The fraction of sp³-hybridized carbons (Fsp3) is 0.300. The second kappa shape index (κ2) is 7.47. The molecular formula is C20H20N4OS2. The molecule has 138 valence electrons. The summed E-state index contributed by atoms with van der Waals surface area (Å²) in [6.07, 6.45) is 6.74. The van der Waals surface area contributed by atoms with Crippen LogP contribution in [-0.2, 0) is 0 Å². The number of benzene rings is 1. The van der Waals surface area contributed by atoms with Crippen LogP contribution in [0.15, 0.2) is 47.6 Å².